The number of ether oxygens (including phenoxy) is 2. The Morgan fingerprint density at radius 1 is 1.17 bits per heavy atom. The Hall–Kier alpha value is -3.47. The highest BCUT2D eigenvalue weighted by molar-refractivity contribution is 5.95. The summed E-state index contributed by atoms with van der Waals surface area (Å²) in [5.41, 5.74) is 7.31. The number of fused-ring (bicyclic) bond motifs is 1. The molecule has 0 aliphatic heterocycles. The van der Waals surface area contributed by atoms with E-state index in [1.54, 1.807) is 12.3 Å². The molecule has 3 aromatic heterocycles. The first-order chi connectivity index (χ1) is 14.2. The molecule has 3 heterocycles. The van der Waals surface area contributed by atoms with Crippen LogP contribution in [0.1, 0.15) is 5.56 Å². The second-order valence-electron chi connectivity index (χ2n) is 6.13. The number of nitrogens with two attached hydrogens (primary N) is 1. The van der Waals surface area contributed by atoms with Gasteiger partial charge in [-0.15, -0.1) is 0 Å². The first kappa shape index (κ1) is 21.2. The van der Waals surface area contributed by atoms with Crippen LogP contribution in [-0.2, 0) is 9.53 Å². The van der Waals surface area contributed by atoms with Crippen LogP contribution in [-0.4, -0.2) is 46.9 Å². The van der Waals surface area contributed by atoms with E-state index >= 15 is 0 Å². The third kappa shape index (κ3) is 5.54. The van der Waals surface area contributed by atoms with Crippen molar-refractivity contribution in [2.45, 2.75) is 6.18 Å². The van der Waals surface area contributed by atoms with E-state index in [0.29, 0.717) is 27.7 Å². The van der Waals surface area contributed by atoms with Gasteiger partial charge in [0, 0.05) is 46.7 Å². The Kier molecular flexibility index (Phi) is 6.31. The molecule has 0 aliphatic carbocycles. The van der Waals surface area contributed by atoms with Crippen molar-refractivity contribution in [1.82, 2.24) is 15.0 Å². The molecule has 30 heavy (non-hydrogen) atoms. The Morgan fingerprint density at radius 3 is 2.60 bits per heavy atom. The highest BCUT2D eigenvalue weighted by Gasteiger charge is 2.27. The van der Waals surface area contributed by atoms with Gasteiger partial charge in [0.2, 0.25) is 11.8 Å². The lowest BCUT2D eigenvalue weighted by Gasteiger charge is -2.09. The van der Waals surface area contributed by atoms with E-state index in [1.807, 2.05) is 0 Å². The van der Waals surface area contributed by atoms with Crippen molar-refractivity contribution in [2.24, 2.45) is 5.73 Å². The number of hydrogen-bond donors (Lipinski definition) is 2. The van der Waals surface area contributed by atoms with Crippen LogP contribution >= 0.6 is 0 Å². The normalized spacial score (nSPS) is 12.0. The summed E-state index contributed by atoms with van der Waals surface area (Å²) < 4.78 is 59.6. The van der Waals surface area contributed by atoms with Gasteiger partial charge in [0.05, 0.1) is 6.61 Å². The number of primary amides is 1. The average Bonchev–Trinajstić information content (AvgIpc) is 3.08. The number of hydrogen-bond acceptors (Lipinski definition) is 5. The van der Waals surface area contributed by atoms with E-state index in [4.69, 9.17) is 10.5 Å². The maximum absolute atomic E-state index is 14.3. The molecule has 11 heteroatoms. The number of carbonyl (C=O) groups is 1. The minimum absolute atomic E-state index is 0.286. The van der Waals surface area contributed by atoms with E-state index in [1.165, 1.54) is 30.6 Å². The van der Waals surface area contributed by atoms with E-state index in [2.05, 4.69) is 19.7 Å². The zero-order valence-corrected chi connectivity index (χ0v) is 15.4. The molecule has 0 radical (unpaired) electrons. The van der Waals surface area contributed by atoms with Crippen molar-refractivity contribution in [3.63, 3.8) is 0 Å². The van der Waals surface area contributed by atoms with Crippen LogP contribution in [0.15, 0.2) is 36.8 Å². The number of aromatic amines is 1. The lowest BCUT2D eigenvalue weighted by atomic mass is 10.1. The maximum atomic E-state index is 14.3. The largest absolute Gasteiger partial charge is 0.473 e. The molecule has 3 N–H and O–H groups in total. The van der Waals surface area contributed by atoms with Gasteiger partial charge in [0.1, 0.15) is 18.9 Å². The van der Waals surface area contributed by atoms with Crippen LogP contribution in [0.4, 0.5) is 17.6 Å². The summed E-state index contributed by atoms with van der Waals surface area (Å²) in [6.07, 6.45) is 2.82. The Balaban J connectivity index is 1.72. The van der Waals surface area contributed by atoms with Gasteiger partial charge >= 0.3 is 6.18 Å². The fraction of sp³-hybridized carbons (Fsp3) is 0.211. The second kappa shape index (κ2) is 8.91. The molecule has 0 unspecified atom stereocenters. The first-order valence-corrected chi connectivity index (χ1v) is 8.61. The number of halogens is 4. The highest BCUT2D eigenvalue weighted by atomic mass is 19.4. The van der Waals surface area contributed by atoms with Gasteiger partial charge < -0.3 is 20.2 Å². The van der Waals surface area contributed by atoms with Crippen LogP contribution < -0.4 is 10.5 Å². The van der Waals surface area contributed by atoms with Gasteiger partial charge in [0.25, 0.3) is 0 Å². The lowest BCUT2D eigenvalue weighted by Crippen LogP contribution is -2.19. The topological polar surface area (TPSA) is 103 Å². The van der Waals surface area contributed by atoms with Crippen molar-refractivity contribution in [2.75, 3.05) is 19.8 Å². The SMILES string of the molecule is NC(=O)C=Cc1c[nH]c2ncc(-c3cnc(OCCOCC(F)(F)F)c(F)c3)cc12. The van der Waals surface area contributed by atoms with Crippen molar-refractivity contribution < 1.29 is 31.8 Å². The van der Waals surface area contributed by atoms with Crippen LogP contribution in [0.2, 0.25) is 0 Å². The average molecular weight is 424 g/mol. The molecule has 0 fully saturated rings. The highest BCUT2D eigenvalue weighted by Crippen LogP contribution is 2.27. The number of nitrogens with zero attached hydrogens (tertiary/aromatic N) is 2. The zero-order valence-electron chi connectivity index (χ0n) is 15.4. The zero-order chi connectivity index (χ0) is 21.7. The predicted molar refractivity (Wildman–Crippen MR) is 99.9 cm³/mol. The summed E-state index contributed by atoms with van der Waals surface area (Å²) in [7, 11) is 0. The molecular weight excluding hydrogens is 408 g/mol. The molecular formula is C19H16F4N4O3. The van der Waals surface area contributed by atoms with Gasteiger partial charge in [-0.1, -0.05) is 0 Å². The predicted octanol–water partition coefficient (Wildman–Crippen LogP) is 3.22. The van der Waals surface area contributed by atoms with E-state index in [0.717, 1.165) is 0 Å². The first-order valence-electron chi connectivity index (χ1n) is 8.61. The second-order valence-corrected chi connectivity index (χ2v) is 6.13. The number of pyridine rings is 2. The van der Waals surface area contributed by atoms with Gasteiger partial charge in [0.15, 0.2) is 5.82 Å². The van der Waals surface area contributed by atoms with Gasteiger partial charge in [-0.25, -0.2) is 14.4 Å². The number of carbonyl (C=O) groups excluding carboxylic acids is 1. The molecule has 7 nitrogen and oxygen atoms in total. The molecule has 3 aromatic rings. The molecule has 0 atom stereocenters. The summed E-state index contributed by atoms with van der Waals surface area (Å²) in [6.45, 7) is -2.06. The standard InChI is InChI=1S/C19H16F4N4O3/c20-15-6-13(9-27-18(15)30-4-3-29-10-19(21,22)23)12-5-14-11(1-2-16(24)28)7-25-17(14)26-8-12/h1-2,5-9H,3-4,10H2,(H2,24,28)(H,25,26). The van der Waals surface area contributed by atoms with Crippen molar-refractivity contribution in [1.29, 1.82) is 0 Å². The van der Waals surface area contributed by atoms with Crippen LogP contribution in [0, 0.1) is 5.82 Å². The molecule has 158 valence electrons. The van der Waals surface area contributed by atoms with Gasteiger partial charge in [-0.05, 0) is 18.2 Å². The molecule has 0 saturated heterocycles. The lowest BCUT2D eigenvalue weighted by molar-refractivity contribution is -0.175. The van der Waals surface area contributed by atoms with Crippen molar-refractivity contribution in [3.05, 3.63) is 48.2 Å². The maximum Gasteiger partial charge on any atom is 0.411 e. The number of amides is 1. The molecule has 0 aliphatic rings. The fourth-order valence-electron chi connectivity index (χ4n) is 2.57. The number of H-pyrrole nitrogens is 1. The fourth-order valence-corrected chi connectivity index (χ4v) is 2.57. The van der Waals surface area contributed by atoms with E-state index in [-0.39, 0.29) is 19.1 Å². The van der Waals surface area contributed by atoms with Crippen molar-refractivity contribution in [3.8, 4) is 17.0 Å². The Labute approximate surface area is 167 Å². The molecule has 3 rings (SSSR count). The van der Waals surface area contributed by atoms with Gasteiger partial charge in [-0.2, -0.15) is 13.2 Å². The Bertz CT molecular complexity index is 1080. The number of rotatable bonds is 8. The number of aromatic nitrogens is 3. The van der Waals surface area contributed by atoms with E-state index < -0.39 is 24.5 Å². The number of nitrogens with one attached hydrogen (secondary N) is 1. The minimum Gasteiger partial charge on any atom is -0.473 e. The molecule has 0 aromatic carbocycles. The summed E-state index contributed by atoms with van der Waals surface area (Å²) >= 11 is 0. The van der Waals surface area contributed by atoms with Crippen LogP contribution in [0.25, 0.3) is 28.2 Å². The Morgan fingerprint density at radius 2 is 1.90 bits per heavy atom. The van der Waals surface area contributed by atoms with Crippen molar-refractivity contribution >= 4 is 23.0 Å². The quantitative estimate of drug-likeness (QED) is 0.328. The number of alkyl halides is 3. The van der Waals surface area contributed by atoms with Crippen LogP contribution in [0.5, 0.6) is 5.88 Å². The summed E-state index contributed by atoms with van der Waals surface area (Å²) in [6, 6.07) is 2.91. The molecule has 1 amide bonds. The van der Waals surface area contributed by atoms with Gasteiger partial charge in [-0.3, -0.25) is 4.79 Å². The van der Waals surface area contributed by atoms with E-state index in [9.17, 15) is 22.4 Å². The minimum atomic E-state index is -4.44. The smallest absolute Gasteiger partial charge is 0.411 e. The summed E-state index contributed by atoms with van der Waals surface area (Å²) in [5, 5.41) is 0.688. The molecule has 0 bridgehead atoms. The monoisotopic (exact) mass is 424 g/mol. The summed E-state index contributed by atoms with van der Waals surface area (Å²) in [5.74, 6) is -1.74. The summed E-state index contributed by atoms with van der Waals surface area (Å²) in [4.78, 5) is 22.0. The van der Waals surface area contributed by atoms with Crippen LogP contribution in [0.3, 0.4) is 0 Å². The third-order valence-electron chi connectivity index (χ3n) is 3.86. The third-order valence-corrected chi connectivity index (χ3v) is 3.86. The molecule has 0 saturated carbocycles. The molecule has 0 spiro atoms.